The average molecular weight is 353 g/mol. The van der Waals surface area contributed by atoms with E-state index in [0.29, 0.717) is 18.7 Å². The third kappa shape index (κ3) is 5.39. The Morgan fingerprint density at radius 2 is 1.96 bits per heavy atom. The first-order chi connectivity index (χ1) is 11.4. The fourth-order valence-corrected chi connectivity index (χ4v) is 2.39. The molecule has 0 bridgehead atoms. The zero-order chi connectivity index (χ0) is 17.5. The van der Waals surface area contributed by atoms with E-state index in [2.05, 4.69) is 30.8 Å². The van der Waals surface area contributed by atoms with Gasteiger partial charge in [0.2, 0.25) is 17.8 Å². The van der Waals surface area contributed by atoms with Gasteiger partial charge in [0.15, 0.2) is 5.13 Å². The van der Waals surface area contributed by atoms with Crippen LogP contribution >= 0.6 is 11.3 Å². The summed E-state index contributed by atoms with van der Waals surface area (Å²) in [4.78, 5) is 41.0. The molecule has 0 aliphatic rings. The van der Waals surface area contributed by atoms with Crippen molar-refractivity contribution in [2.45, 2.75) is 32.6 Å². The molecular formula is C12H15N7O4S. The van der Waals surface area contributed by atoms with Crippen molar-refractivity contribution >= 4 is 39.2 Å². The minimum absolute atomic E-state index is 0.135. The van der Waals surface area contributed by atoms with Gasteiger partial charge in [0, 0.05) is 12.8 Å². The summed E-state index contributed by atoms with van der Waals surface area (Å²) in [6.07, 6.45) is 2.54. The number of anilines is 2. The van der Waals surface area contributed by atoms with E-state index in [4.69, 9.17) is 0 Å². The average Bonchev–Trinajstić information content (AvgIpc) is 3.13. The Labute approximate surface area is 140 Å². The molecule has 2 heterocycles. The Morgan fingerprint density at radius 3 is 2.50 bits per heavy atom. The van der Waals surface area contributed by atoms with Crippen molar-refractivity contribution in [3.63, 3.8) is 0 Å². The van der Waals surface area contributed by atoms with Gasteiger partial charge < -0.3 is 5.32 Å². The van der Waals surface area contributed by atoms with Crippen molar-refractivity contribution in [3.05, 3.63) is 22.1 Å². The quantitative estimate of drug-likeness (QED) is 0.370. The number of aromatic amines is 1. The number of carbonyl (C=O) groups excluding carboxylic acids is 2. The van der Waals surface area contributed by atoms with Gasteiger partial charge in [-0.25, -0.2) is 4.98 Å². The normalized spacial score (nSPS) is 10.4. The lowest BCUT2D eigenvalue weighted by Crippen LogP contribution is -2.14. The summed E-state index contributed by atoms with van der Waals surface area (Å²) < 4.78 is 0. The molecule has 0 aromatic carbocycles. The molecule has 0 aliphatic heterocycles. The number of hydrogen-bond donors (Lipinski definition) is 3. The molecule has 12 heteroatoms. The number of unbranched alkanes of at least 4 members (excludes halogenated alkanes) is 1. The Hall–Kier alpha value is -2.89. The Bertz CT molecular complexity index is 741. The van der Waals surface area contributed by atoms with Crippen LogP contribution in [0.3, 0.4) is 0 Å². The van der Waals surface area contributed by atoms with Gasteiger partial charge in [-0.2, -0.15) is 4.98 Å². The molecule has 2 aromatic heterocycles. The summed E-state index contributed by atoms with van der Waals surface area (Å²) in [6.45, 7) is 1.72. The molecule has 0 unspecified atom stereocenters. The van der Waals surface area contributed by atoms with E-state index < -0.39 is 4.92 Å². The van der Waals surface area contributed by atoms with E-state index >= 15 is 0 Å². The van der Waals surface area contributed by atoms with Crippen LogP contribution in [0.5, 0.6) is 0 Å². The number of nitrogens with zero attached hydrogens (tertiary/aromatic N) is 4. The van der Waals surface area contributed by atoms with Crippen LogP contribution in [-0.4, -0.2) is 36.9 Å². The molecule has 0 aliphatic carbocycles. The maximum absolute atomic E-state index is 11.7. The van der Waals surface area contributed by atoms with Crippen molar-refractivity contribution in [1.29, 1.82) is 0 Å². The SMILES string of the molecule is Cc1nc(NC(=O)CCCCC(=O)Nc2ncc([N+](=O)[O-])s2)n[nH]1. The van der Waals surface area contributed by atoms with Crippen molar-refractivity contribution in [3.8, 4) is 0 Å². The summed E-state index contributed by atoms with van der Waals surface area (Å²) in [6, 6.07) is 0. The molecular weight excluding hydrogens is 338 g/mol. The van der Waals surface area contributed by atoms with Gasteiger partial charge in [-0.1, -0.05) is 0 Å². The lowest BCUT2D eigenvalue weighted by atomic mass is 10.2. The van der Waals surface area contributed by atoms with Gasteiger partial charge in [0.05, 0.1) is 4.92 Å². The lowest BCUT2D eigenvalue weighted by molar-refractivity contribution is -0.380. The number of nitro groups is 1. The molecule has 0 spiro atoms. The van der Waals surface area contributed by atoms with Gasteiger partial charge in [0.25, 0.3) is 0 Å². The third-order valence-corrected chi connectivity index (χ3v) is 3.69. The minimum Gasteiger partial charge on any atom is -0.302 e. The first kappa shape index (κ1) is 17.5. The highest BCUT2D eigenvalue weighted by molar-refractivity contribution is 7.18. The van der Waals surface area contributed by atoms with Crippen LogP contribution in [0.25, 0.3) is 0 Å². The van der Waals surface area contributed by atoms with Gasteiger partial charge >= 0.3 is 5.00 Å². The van der Waals surface area contributed by atoms with Crippen LogP contribution in [0, 0.1) is 17.0 Å². The van der Waals surface area contributed by atoms with Crippen LogP contribution in [-0.2, 0) is 9.59 Å². The van der Waals surface area contributed by atoms with E-state index in [-0.39, 0.29) is 40.7 Å². The maximum atomic E-state index is 11.7. The zero-order valence-electron chi connectivity index (χ0n) is 12.7. The van der Waals surface area contributed by atoms with E-state index in [1.165, 1.54) is 0 Å². The second-order valence-corrected chi connectivity index (χ2v) is 5.82. The second kappa shape index (κ2) is 8.10. The molecule has 0 atom stereocenters. The summed E-state index contributed by atoms with van der Waals surface area (Å²) in [5.74, 6) is 0.291. The van der Waals surface area contributed by atoms with Crippen LogP contribution in [0.15, 0.2) is 6.20 Å². The lowest BCUT2D eigenvalue weighted by Gasteiger charge is -2.02. The Balaban J connectivity index is 1.63. The predicted molar refractivity (Wildman–Crippen MR) is 85.6 cm³/mol. The van der Waals surface area contributed by atoms with Crippen molar-refractivity contribution in [1.82, 2.24) is 20.2 Å². The summed E-state index contributed by atoms with van der Waals surface area (Å²) >= 11 is 0.794. The topological polar surface area (TPSA) is 156 Å². The monoisotopic (exact) mass is 353 g/mol. The highest BCUT2D eigenvalue weighted by atomic mass is 32.1. The first-order valence-electron chi connectivity index (χ1n) is 7.03. The molecule has 2 rings (SSSR count). The number of H-pyrrole nitrogens is 1. The molecule has 11 nitrogen and oxygen atoms in total. The van der Waals surface area contributed by atoms with Crippen molar-refractivity contribution < 1.29 is 14.5 Å². The number of aryl methyl sites for hydroxylation is 1. The van der Waals surface area contributed by atoms with Crippen molar-refractivity contribution in [2.75, 3.05) is 10.6 Å². The molecule has 2 amide bonds. The van der Waals surface area contributed by atoms with Crippen molar-refractivity contribution in [2.24, 2.45) is 0 Å². The smallest absolute Gasteiger partial charge is 0.302 e. The van der Waals surface area contributed by atoms with Crippen LogP contribution < -0.4 is 10.6 Å². The third-order valence-electron chi connectivity index (χ3n) is 2.83. The molecule has 0 saturated carbocycles. The Morgan fingerprint density at radius 1 is 1.29 bits per heavy atom. The maximum Gasteiger partial charge on any atom is 0.345 e. The summed E-state index contributed by atoms with van der Waals surface area (Å²) in [7, 11) is 0. The van der Waals surface area contributed by atoms with Gasteiger partial charge in [0.1, 0.15) is 12.0 Å². The van der Waals surface area contributed by atoms with E-state index in [1.54, 1.807) is 6.92 Å². The molecule has 3 N–H and O–H groups in total. The summed E-state index contributed by atoms with van der Waals surface area (Å²) in [5, 5.41) is 22.0. The first-order valence-corrected chi connectivity index (χ1v) is 7.84. The fraction of sp³-hybridized carbons (Fsp3) is 0.417. The zero-order valence-corrected chi connectivity index (χ0v) is 13.6. The predicted octanol–water partition coefficient (Wildman–Crippen LogP) is 1.62. The number of rotatable bonds is 8. The van der Waals surface area contributed by atoms with Crippen LogP contribution in [0.1, 0.15) is 31.5 Å². The Kier molecular flexibility index (Phi) is 5.89. The summed E-state index contributed by atoms with van der Waals surface area (Å²) in [5.41, 5.74) is 0. The largest absolute Gasteiger partial charge is 0.345 e. The molecule has 0 saturated heterocycles. The van der Waals surface area contributed by atoms with Gasteiger partial charge in [-0.15, -0.1) is 5.10 Å². The van der Waals surface area contributed by atoms with E-state index in [0.717, 1.165) is 17.5 Å². The van der Waals surface area contributed by atoms with Crippen LogP contribution in [0.2, 0.25) is 0 Å². The number of amides is 2. The van der Waals surface area contributed by atoms with Crippen LogP contribution in [0.4, 0.5) is 16.1 Å². The molecule has 0 fully saturated rings. The molecule has 24 heavy (non-hydrogen) atoms. The van der Waals surface area contributed by atoms with E-state index in [9.17, 15) is 19.7 Å². The molecule has 0 radical (unpaired) electrons. The van der Waals surface area contributed by atoms with Gasteiger partial charge in [-0.3, -0.25) is 30.1 Å². The number of thiazole rings is 1. The second-order valence-electron chi connectivity index (χ2n) is 4.81. The fourth-order valence-electron chi connectivity index (χ4n) is 1.75. The van der Waals surface area contributed by atoms with Gasteiger partial charge in [-0.05, 0) is 31.1 Å². The number of carbonyl (C=O) groups is 2. The number of aromatic nitrogens is 4. The number of hydrogen-bond acceptors (Lipinski definition) is 8. The number of nitrogens with one attached hydrogen (secondary N) is 3. The molecule has 128 valence electrons. The standard InChI is InChI=1S/C12H15N7O4S/c1-7-14-11(18-17-7)15-8(20)4-2-3-5-9(21)16-12-13-6-10(24-12)19(22)23/h6H,2-5H2,1H3,(H,13,16,21)(H2,14,15,17,18,20). The molecule has 2 aromatic rings. The minimum atomic E-state index is -0.568. The highest BCUT2D eigenvalue weighted by Crippen LogP contribution is 2.25. The van der Waals surface area contributed by atoms with E-state index in [1.807, 2.05) is 0 Å². The highest BCUT2D eigenvalue weighted by Gasteiger charge is 2.13.